The number of piperidine rings is 3. The molecule has 0 saturated carbocycles. The Morgan fingerprint density at radius 2 is 0.948 bits per heavy atom. The fourth-order valence-electron chi connectivity index (χ4n) is 16.8. The van der Waals surface area contributed by atoms with Crippen LogP contribution in [0.4, 0.5) is 17.1 Å². The van der Waals surface area contributed by atoms with Gasteiger partial charge in [-0.05, 0) is 197 Å². The summed E-state index contributed by atoms with van der Waals surface area (Å²) in [6, 6.07) is 50.6. The van der Waals surface area contributed by atoms with E-state index in [1.807, 2.05) is 126 Å². The van der Waals surface area contributed by atoms with Crippen molar-refractivity contribution >= 4 is 183 Å². The number of halogens is 3. The number of ketones is 3. The van der Waals surface area contributed by atoms with Crippen LogP contribution in [0.5, 0.6) is 5.75 Å². The quantitative estimate of drug-likeness (QED) is 0.0458. The Hall–Kier alpha value is -8.58. The maximum Gasteiger partial charge on any atom is 0.259 e. The zero-order chi connectivity index (χ0) is 81.3. The van der Waals surface area contributed by atoms with Crippen LogP contribution in [-0.2, 0) is 81.3 Å². The average Bonchev–Trinajstić information content (AvgIpc) is 1.59. The second-order valence-electron chi connectivity index (χ2n) is 29.6. The lowest BCUT2D eigenvalue weighted by Crippen LogP contribution is -2.48. The van der Waals surface area contributed by atoms with Gasteiger partial charge in [-0.1, -0.05) is 126 Å². The Kier molecular flexibility index (Phi) is 25.0. The van der Waals surface area contributed by atoms with Crippen LogP contribution in [0.3, 0.4) is 0 Å². The molecule has 8 aromatic carbocycles. The van der Waals surface area contributed by atoms with Gasteiger partial charge in [-0.15, -0.1) is 34.0 Å². The molecular formula is C87H83Cl3N6O14S6. The summed E-state index contributed by atoms with van der Waals surface area (Å²) in [6.45, 7) is 3.67. The van der Waals surface area contributed by atoms with Crippen LogP contribution in [0.25, 0.3) is 32.3 Å². The third kappa shape index (κ3) is 16.7. The third-order valence-corrected chi connectivity index (χ3v) is 33.3. The minimum atomic E-state index is -3.74. The topological polar surface area (TPSA) is 243 Å². The molecular weight excluding hydrogens is 1650 g/mol. The van der Waals surface area contributed by atoms with Gasteiger partial charge in [-0.2, -0.15) is 12.9 Å². The number of Topliss-reactive ketones (excluding diaryl/α,β-unsaturated/α-hetero) is 3. The van der Waals surface area contributed by atoms with E-state index < -0.39 is 36.1 Å². The summed E-state index contributed by atoms with van der Waals surface area (Å²) in [5.74, 6) is -0.160. The Morgan fingerprint density at radius 1 is 0.466 bits per heavy atom. The summed E-state index contributed by atoms with van der Waals surface area (Å²) in [4.78, 5) is 85.7. The first kappa shape index (κ1) is 82.5. The van der Waals surface area contributed by atoms with Gasteiger partial charge in [-0.3, -0.25) is 28.8 Å². The molecule has 602 valence electrons. The SMILES string of the molecule is COCCCN1C(=O)c2cccc3c(CC(=O)C4CCCN(S(=O)(=O)c5cccs5)C4)ccc1c23.COc1ccc(CCN2C(=O)c3cccc4c(CC(=O)C5CCCN(S(=O)(=O)c6ccc(Cl)s6)C5)ccc2c34)cc1.O=C(Cc1ccc2c3c(cccc13)C(=O)N2CCc1ccc(Cl)cc1Cl)C1CCCCN1S(=O)(=O)c1cccs1. The number of carbonyl (C=O) groups is 6. The molecule has 6 aliphatic heterocycles. The number of hydrogen-bond donors (Lipinski definition) is 0. The predicted molar refractivity (Wildman–Crippen MR) is 459 cm³/mol. The fourth-order valence-corrected chi connectivity index (χ4v) is 25.9. The number of benzene rings is 8. The van der Waals surface area contributed by atoms with E-state index in [9.17, 15) is 54.0 Å². The van der Waals surface area contributed by atoms with Crippen molar-refractivity contribution in [2.24, 2.45) is 11.8 Å². The van der Waals surface area contributed by atoms with E-state index in [-0.39, 0.29) is 87.7 Å². The maximum absolute atomic E-state index is 13.7. The van der Waals surface area contributed by atoms with Crippen molar-refractivity contribution in [3.63, 3.8) is 0 Å². The molecule has 3 saturated heterocycles. The monoisotopic (exact) mass is 1730 g/mol. The van der Waals surface area contributed by atoms with Gasteiger partial charge in [0.15, 0.2) is 5.78 Å². The number of carbonyl (C=O) groups excluding carboxylic acids is 6. The van der Waals surface area contributed by atoms with Crippen LogP contribution in [0.15, 0.2) is 193 Å². The van der Waals surface area contributed by atoms with Crippen LogP contribution < -0.4 is 19.4 Å². The van der Waals surface area contributed by atoms with Gasteiger partial charge in [0, 0.05) is 140 Å². The number of ether oxygens (including phenoxy) is 2. The van der Waals surface area contributed by atoms with Gasteiger partial charge in [0.05, 0.1) is 34.6 Å². The molecule has 0 spiro atoms. The minimum absolute atomic E-state index is 0.00972. The Balaban J connectivity index is 0.000000137. The van der Waals surface area contributed by atoms with E-state index in [4.69, 9.17) is 44.3 Å². The van der Waals surface area contributed by atoms with Crippen molar-refractivity contribution in [2.45, 2.75) is 102 Å². The number of methoxy groups -OCH3 is 2. The van der Waals surface area contributed by atoms with Gasteiger partial charge in [0.25, 0.3) is 47.8 Å². The number of rotatable bonds is 26. The van der Waals surface area contributed by atoms with Gasteiger partial charge in [0.2, 0.25) is 0 Å². The Labute approximate surface area is 701 Å². The summed E-state index contributed by atoms with van der Waals surface area (Å²) in [5.41, 5.74) is 8.97. The molecule has 0 bridgehead atoms. The number of amides is 3. The predicted octanol–water partition coefficient (Wildman–Crippen LogP) is 16.9. The van der Waals surface area contributed by atoms with Gasteiger partial charge < -0.3 is 24.2 Å². The highest BCUT2D eigenvalue weighted by molar-refractivity contribution is 7.92. The number of nitrogens with zero attached hydrogens (tertiary/aromatic N) is 6. The molecule has 116 heavy (non-hydrogen) atoms. The molecule has 29 heteroatoms. The molecule has 11 aromatic rings. The molecule has 20 nitrogen and oxygen atoms in total. The van der Waals surface area contributed by atoms with Crippen LogP contribution in [0.2, 0.25) is 14.4 Å². The molecule has 3 aromatic heterocycles. The van der Waals surface area contributed by atoms with E-state index in [1.165, 1.54) is 41.7 Å². The largest absolute Gasteiger partial charge is 0.497 e. The smallest absolute Gasteiger partial charge is 0.259 e. The maximum atomic E-state index is 13.7. The second-order valence-corrected chi connectivity index (χ2v) is 40.5. The molecule has 0 radical (unpaired) electrons. The number of thiophene rings is 3. The molecule has 3 fully saturated rings. The molecule has 17 rings (SSSR count). The first-order chi connectivity index (χ1) is 55.9. The van der Waals surface area contributed by atoms with Crippen LogP contribution in [-0.4, -0.2) is 152 Å². The van der Waals surface area contributed by atoms with E-state index in [0.717, 1.165) is 114 Å². The van der Waals surface area contributed by atoms with E-state index >= 15 is 0 Å². The van der Waals surface area contributed by atoms with Crippen molar-refractivity contribution in [1.29, 1.82) is 0 Å². The van der Waals surface area contributed by atoms with Crippen molar-refractivity contribution in [1.82, 2.24) is 12.9 Å². The van der Waals surface area contributed by atoms with E-state index in [0.29, 0.717) is 126 Å². The zero-order valence-electron chi connectivity index (χ0n) is 63.6. The summed E-state index contributed by atoms with van der Waals surface area (Å²) in [6.07, 6.45) is 7.15. The number of sulfonamides is 3. The number of anilines is 3. The molecule has 9 heterocycles. The summed E-state index contributed by atoms with van der Waals surface area (Å²) in [5, 5.41) is 9.84. The lowest BCUT2D eigenvalue weighted by Gasteiger charge is -2.33. The Bertz CT molecular complexity index is 6010. The molecule has 3 amide bonds. The normalized spacial score (nSPS) is 17.8. The standard InChI is InChI=1S/C31H29ClN2O5S2.C30H26Cl2N2O4S2.C26H28N2O5S2/c1-39-23-10-7-20(8-11-23)15-17-34-26-12-9-21(24-5-2-6-25(30(24)26)31(34)36)18-27(35)22-4-3-16-33(19-22)41(37,38)29-14-13-28(32)40-29;31-21-11-9-19(24(32)18-21)13-15-33-26-12-10-20(22-5-3-6-23(29(22)26)30(33)36)17-27(35)25-7-1-2-14-34(25)40(37,38)28-8-4-16-39-28;1-33-14-5-13-28-22-11-10-18(20-7-2-8-21(25(20)22)26(28)30)16-23(29)19-6-3-12-27(17-19)35(31,32)24-9-4-15-34-24/h2,5-14,22H,3-4,15-19H2,1H3;3-6,8-12,16,18,25H,1-2,7,13-15,17H2;2,4,7-11,15,19H,3,5-6,12-14,16-17H2,1H3. The van der Waals surface area contributed by atoms with E-state index in [1.54, 1.807) is 77.2 Å². The summed E-state index contributed by atoms with van der Waals surface area (Å²) in [7, 11) is -7.72. The van der Waals surface area contributed by atoms with Crippen molar-refractivity contribution in [3.05, 3.63) is 240 Å². The first-order valence-electron chi connectivity index (χ1n) is 38.5. The first-order valence-corrected chi connectivity index (χ1v) is 46.5. The van der Waals surface area contributed by atoms with Gasteiger partial charge >= 0.3 is 0 Å². The minimum Gasteiger partial charge on any atom is -0.497 e. The van der Waals surface area contributed by atoms with Crippen molar-refractivity contribution in [3.8, 4) is 5.75 Å². The van der Waals surface area contributed by atoms with Crippen molar-refractivity contribution < 1.29 is 63.5 Å². The van der Waals surface area contributed by atoms with Gasteiger partial charge in [-0.25, -0.2) is 25.3 Å². The zero-order valence-corrected chi connectivity index (χ0v) is 70.8. The van der Waals surface area contributed by atoms with E-state index in [2.05, 4.69) is 0 Å². The lowest BCUT2D eigenvalue weighted by atomic mass is 9.89. The van der Waals surface area contributed by atoms with Crippen LogP contribution >= 0.6 is 68.8 Å². The molecule has 0 N–H and O–H groups in total. The average molecular weight is 1740 g/mol. The van der Waals surface area contributed by atoms with Gasteiger partial charge in [0.1, 0.15) is 29.9 Å². The molecule has 6 aliphatic rings. The molecule has 0 aliphatic carbocycles. The molecule has 3 unspecified atom stereocenters. The third-order valence-electron chi connectivity index (χ3n) is 22.6. The van der Waals surface area contributed by atoms with Crippen LogP contribution in [0.1, 0.15) is 110 Å². The lowest BCUT2D eigenvalue weighted by molar-refractivity contribution is -0.124. The highest BCUT2D eigenvalue weighted by atomic mass is 35.5. The highest BCUT2D eigenvalue weighted by Gasteiger charge is 2.41. The summed E-state index contributed by atoms with van der Waals surface area (Å²) >= 11 is 21.8. The van der Waals surface area contributed by atoms with Crippen molar-refractivity contribution in [2.75, 3.05) is 87.9 Å². The number of hydrogen-bond acceptors (Lipinski definition) is 17. The Morgan fingerprint density at radius 3 is 1.42 bits per heavy atom. The van der Waals surface area contributed by atoms with Crippen LogP contribution in [0, 0.1) is 11.8 Å². The fraction of sp³-hybridized carbons (Fsp3) is 0.310. The second kappa shape index (κ2) is 35.2. The molecule has 3 atom stereocenters. The highest BCUT2D eigenvalue weighted by Crippen LogP contribution is 2.44. The summed E-state index contributed by atoms with van der Waals surface area (Å²) < 4.78 is 94.7.